The summed E-state index contributed by atoms with van der Waals surface area (Å²) in [5.74, 6) is 0.785. The van der Waals surface area contributed by atoms with Gasteiger partial charge in [0, 0.05) is 30.6 Å². The monoisotopic (exact) mass is 484 g/mol. The number of hydrogen-bond acceptors (Lipinski definition) is 3. The second kappa shape index (κ2) is 10.9. The van der Waals surface area contributed by atoms with Crippen molar-refractivity contribution in [3.05, 3.63) is 95.8 Å². The van der Waals surface area contributed by atoms with Crippen molar-refractivity contribution in [1.29, 1.82) is 0 Å². The SMILES string of the molecule is CC(CCc1ccccc1)NC(=O)C1CCN(c2nc3ccccc3n2Cc2ccccc2F)CC1. The smallest absolute Gasteiger partial charge is 0.223 e. The van der Waals surface area contributed by atoms with Gasteiger partial charge in [-0.3, -0.25) is 4.79 Å². The Bertz CT molecular complexity index is 1310. The largest absolute Gasteiger partial charge is 0.353 e. The van der Waals surface area contributed by atoms with Crippen LogP contribution in [0.15, 0.2) is 78.9 Å². The topological polar surface area (TPSA) is 50.2 Å². The van der Waals surface area contributed by atoms with E-state index >= 15 is 0 Å². The first-order valence-corrected chi connectivity index (χ1v) is 12.9. The van der Waals surface area contributed by atoms with Crippen molar-refractivity contribution in [3.8, 4) is 0 Å². The third-order valence-corrected chi connectivity index (χ3v) is 7.17. The van der Waals surface area contributed by atoms with E-state index in [2.05, 4.69) is 46.0 Å². The number of amides is 1. The molecule has 186 valence electrons. The van der Waals surface area contributed by atoms with Crippen molar-refractivity contribution in [1.82, 2.24) is 14.9 Å². The highest BCUT2D eigenvalue weighted by Crippen LogP contribution is 2.28. The van der Waals surface area contributed by atoms with Crippen molar-refractivity contribution in [2.24, 2.45) is 5.92 Å². The minimum atomic E-state index is -0.210. The normalized spacial score (nSPS) is 15.2. The molecule has 36 heavy (non-hydrogen) atoms. The van der Waals surface area contributed by atoms with Crippen LogP contribution in [0.2, 0.25) is 0 Å². The minimum Gasteiger partial charge on any atom is -0.353 e. The van der Waals surface area contributed by atoms with Crippen LogP contribution in [0.5, 0.6) is 0 Å². The Balaban J connectivity index is 1.23. The highest BCUT2D eigenvalue weighted by molar-refractivity contribution is 5.80. The van der Waals surface area contributed by atoms with E-state index in [9.17, 15) is 9.18 Å². The zero-order chi connectivity index (χ0) is 24.9. The number of para-hydroxylation sites is 2. The van der Waals surface area contributed by atoms with E-state index in [-0.39, 0.29) is 23.7 Å². The second-order valence-electron chi connectivity index (χ2n) is 9.77. The van der Waals surface area contributed by atoms with Gasteiger partial charge in [0.1, 0.15) is 5.82 Å². The van der Waals surface area contributed by atoms with Crippen LogP contribution in [0.3, 0.4) is 0 Å². The number of halogens is 1. The first-order valence-electron chi connectivity index (χ1n) is 12.9. The zero-order valence-electron chi connectivity index (χ0n) is 20.7. The van der Waals surface area contributed by atoms with Crippen LogP contribution in [-0.2, 0) is 17.8 Å². The van der Waals surface area contributed by atoms with Gasteiger partial charge in [-0.05, 0) is 56.4 Å². The van der Waals surface area contributed by atoms with Gasteiger partial charge in [-0.15, -0.1) is 0 Å². The quantitative estimate of drug-likeness (QED) is 0.355. The maximum absolute atomic E-state index is 14.5. The lowest BCUT2D eigenvalue weighted by Crippen LogP contribution is -2.43. The number of aryl methyl sites for hydroxylation is 1. The molecule has 1 amide bonds. The van der Waals surface area contributed by atoms with E-state index in [1.807, 2.05) is 42.5 Å². The Morgan fingerprint density at radius 3 is 2.47 bits per heavy atom. The minimum absolute atomic E-state index is 0.00446. The Kier molecular flexibility index (Phi) is 7.31. The third-order valence-electron chi connectivity index (χ3n) is 7.17. The average Bonchev–Trinajstić information content (AvgIpc) is 3.28. The lowest BCUT2D eigenvalue weighted by molar-refractivity contribution is -0.126. The standard InChI is InChI=1S/C30H33FN4O/c1-22(15-16-23-9-3-2-4-10-23)32-29(36)24-17-19-34(20-18-24)30-33-27-13-7-8-14-28(27)35(30)21-25-11-5-6-12-26(25)31/h2-14,22,24H,15-21H2,1H3,(H,32,36). The molecule has 5 nitrogen and oxygen atoms in total. The first-order chi connectivity index (χ1) is 17.6. The molecule has 0 spiro atoms. The third kappa shape index (κ3) is 5.43. The molecular formula is C30H33FN4O. The predicted octanol–water partition coefficient (Wildman–Crippen LogP) is 5.58. The fourth-order valence-electron chi connectivity index (χ4n) is 5.06. The molecule has 1 aromatic heterocycles. The number of nitrogens with one attached hydrogen (secondary N) is 1. The molecule has 0 saturated carbocycles. The van der Waals surface area contributed by atoms with Crippen LogP contribution in [0, 0.1) is 11.7 Å². The second-order valence-corrected chi connectivity index (χ2v) is 9.77. The summed E-state index contributed by atoms with van der Waals surface area (Å²) in [7, 11) is 0. The van der Waals surface area contributed by atoms with Gasteiger partial charge in [0.15, 0.2) is 0 Å². The van der Waals surface area contributed by atoms with E-state index in [1.165, 1.54) is 11.6 Å². The Hall–Kier alpha value is -3.67. The van der Waals surface area contributed by atoms with Gasteiger partial charge in [0.25, 0.3) is 0 Å². The molecule has 5 rings (SSSR count). The number of hydrogen-bond donors (Lipinski definition) is 1. The van der Waals surface area contributed by atoms with Crippen molar-refractivity contribution in [2.45, 2.75) is 45.2 Å². The molecule has 2 heterocycles. The number of anilines is 1. The molecule has 6 heteroatoms. The molecule has 0 bridgehead atoms. The van der Waals surface area contributed by atoms with E-state index in [0.29, 0.717) is 12.1 Å². The van der Waals surface area contributed by atoms with Crippen LogP contribution >= 0.6 is 0 Å². The van der Waals surface area contributed by atoms with Crippen molar-refractivity contribution in [2.75, 3.05) is 18.0 Å². The number of rotatable bonds is 8. The predicted molar refractivity (Wildman–Crippen MR) is 143 cm³/mol. The van der Waals surface area contributed by atoms with Crippen LogP contribution in [-0.4, -0.2) is 34.6 Å². The highest BCUT2D eigenvalue weighted by atomic mass is 19.1. The maximum Gasteiger partial charge on any atom is 0.223 e. The number of carbonyl (C=O) groups excluding carboxylic acids is 1. The lowest BCUT2D eigenvalue weighted by atomic mass is 9.95. The van der Waals surface area contributed by atoms with Crippen LogP contribution < -0.4 is 10.2 Å². The fraction of sp³-hybridized carbons (Fsp3) is 0.333. The maximum atomic E-state index is 14.5. The highest BCUT2D eigenvalue weighted by Gasteiger charge is 2.28. The summed E-state index contributed by atoms with van der Waals surface area (Å²) in [5, 5.41) is 3.23. The number of fused-ring (bicyclic) bond motifs is 1. The van der Waals surface area contributed by atoms with Gasteiger partial charge in [-0.25, -0.2) is 9.37 Å². The van der Waals surface area contributed by atoms with E-state index in [0.717, 1.165) is 55.8 Å². The summed E-state index contributed by atoms with van der Waals surface area (Å²) in [5.41, 5.74) is 3.82. The molecule has 1 aliphatic rings. The lowest BCUT2D eigenvalue weighted by Gasteiger charge is -2.33. The van der Waals surface area contributed by atoms with Gasteiger partial charge in [-0.2, -0.15) is 0 Å². The summed E-state index contributed by atoms with van der Waals surface area (Å²) in [6.45, 7) is 4.00. The number of piperidine rings is 1. The average molecular weight is 485 g/mol. The Labute approximate surface area is 212 Å². The molecular weight excluding hydrogens is 451 g/mol. The summed E-state index contributed by atoms with van der Waals surface area (Å²) in [4.78, 5) is 20.1. The van der Waals surface area contributed by atoms with Crippen LogP contribution in [0.4, 0.5) is 10.3 Å². The van der Waals surface area contributed by atoms with E-state index in [1.54, 1.807) is 6.07 Å². The molecule has 1 atom stereocenters. The molecule has 1 N–H and O–H groups in total. The number of carbonyl (C=O) groups is 1. The molecule has 1 saturated heterocycles. The molecule has 0 aliphatic carbocycles. The Morgan fingerprint density at radius 1 is 1.00 bits per heavy atom. The number of benzene rings is 3. The number of imidazole rings is 1. The van der Waals surface area contributed by atoms with Crippen molar-refractivity contribution >= 4 is 22.9 Å². The van der Waals surface area contributed by atoms with Crippen molar-refractivity contribution in [3.63, 3.8) is 0 Å². The molecule has 0 radical (unpaired) electrons. The van der Waals surface area contributed by atoms with E-state index in [4.69, 9.17) is 4.98 Å². The summed E-state index contributed by atoms with van der Waals surface area (Å²) < 4.78 is 16.6. The van der Waals surface area contributed by atoms with Crippen LogP contribution in [0.1, 0.15) is 37.3 Å². The molecule has 3 aromatic carbocycles. The summed E-state index contributed by atoms with van der Waals surface area (Å²) in [6.07, 6.45) is 3.44. The molecule has 1 fully saturated rings. The Morgan fingerprint density at radius 2 is 1.69 bits per heavy atom. The number of nitrogens with zero attached hydrogens (tertiary/aromatic N) is 3. The number of aromatic nitrogens is 2. The fourth-order valence-corrected chi connectivity index (χ4v) is 5.06. The first kappa shape index (κ1) is 24.0. The van der Waals surface area contributed by atoms with Gasteiger partial charge in [0.2, 0.25) is 11.9 Å². The molecule has 1 aliphatic heterocycles. The van der Waals surface area contributed by atoms with Gasteiger partial charge < -0.3 is 14.8 Å². The van der Waals surface area contributed by atoms with Crippen LogP contribution in [0.25, 0.3) is 11.0 Å². The zero-order valence-corrected chi connectivity index (χ0v) is 20.7. The van der Waals surface area contributed by atoms with Gasteiger partial charge in [-0.1, -0.05) is 60.7 Å². The van der Waals surface area contributed by atoms with Gasteiger partial charge in [0.05, 0.1) is 17.6 Å². The molecule has 4 aromatic rings. The van der Waals surface area contributed by atoms with E-state index < -0.39 is 0 Å². The summed E-state index contributed by atoms with van der Waals surface area (Å²) >= 11 is 0. The summed E-state index contributed by atoms with van der Waals surface area (Å²) in [6, 6.07) is 25.4. The van der Waals surface area contributed by atoms with Crippen molar-refractivity contribution < 1.29 is 9.18 Å². The van der Waals surface area contributed by atoms with Gasteiger partial charge >= 0.3 is 0 Å². The molecule has 1 unspecified atom stereocenters.